The Morgan fingerprint density at radius 1 is 0.818 bits per heavy atom. The predicted octanol–water partition coefficient (Wildman–Crippen LogP) is 3.66. The Morgan fingerprint density at radius 3 is 2.07 bits per heavy atom. The first-order chi connectivity index (χ1) is 21.3. The molecule has 4 fully saturated rings. The summed E-state index contributed by atoms with van der Waals surface area (Å²) < 4.78 is 21.7. The standard InChI is InChI=1S/C17H19NO5.C16H17NO4/c1-21-14-11-13(17-22-9-10-23-17)5-4-12(14)3-2-8-18-15(19)6-7-16(18)20;1-21-14-6-10(9-18)2-3-12(14)13-7-11(13)8-17-15(19)4-5-16(17)20/h2-5,11,17H,6-10H2,1H3;2-3,6,9,11,13H,4-5,7-8H2,1H3/b3-2+;. The molecule has 3 aliphatic heterocycles. The maximum Gasteiger partial charge on any atom is 0.229 e. The second kappa shape index (κ2) is 14.0. The fourth-order valence-corrected chi connectivity index (χ4v) is 5.67. The first kappa shape index (κ1) is 31.1. The number of hydrogen-bond donors (Lipinski definition) is 0. The van der Waals surface area contributed by atoms with E-state index in [9.17, 15) is 24.0 Å². The molecule has 0 N–H and O–H groups in total. The average molecular weight is 605 g/mol. The van der Waals surface area contributed by atoms with E-state index in [0.717, 1.165) is 29.4 Å². The van der Waals surface area contributed by atoms with Crippen molar-refractivity contribution in [1.82, 2.24) is 9.80 Å². The van der Waals surface area contributed by atoms with E-state index >= 15 is 0 Å². The fourth-order valence-electron chi connectivity index (χ4n) is 5.67. The lowest BCUT2D eigenvalue weighted by atomic mass is 10.1. The number of aldehydes is 1. The van der Waals surface area contributed by atoms with Gasteiger partial charge in [-0.1, -0.05) is 36.4 Å². The molecule has 0 aromatic heterocycles. The zero-order chi connectivity index (χ0) is 31.2. The normalized spacial score (nSPS) is 21.7. The second-order valence-corrected chi connectivity index (χ2v) is 11.0. The van der Waals surface area contributed by atoms with Gasteiger partial charge in [0.15, 0.2) is 6.29 Å². The third-order valence-electron chi connectivity index (χ3n) is 8.18. The van der Waals surface area contributed by atoms with Gasteiger partial charge in [0.25, 0.3) is 0 Å². The number of likely N-dealkylation sites (tertiary alicyclic amines) is 2. The third kappa shape index (κ3) is 7.06. The van der Waals surface area contributed by atoms with Gasteiger partial charge in [-0.15, -0.1) is 0 Å². The Balaban J connectivity index is 0.000000175. The molecule has 11 nitrogen and oxygen atoms in total. The Labute approximate surface area is 255 Å². The number of amides is 4. The van der Waals surface area contributed by atoms with Gasteiger partial charge >= 0.3 is 0 Å². The van der Waals surface area contributed by atoms with Crippen molar-refractivity contribution in [1.29, 1.82) is 0 Å². The summed E-state index contributed by atoms with van der Waals surface area (Å²) in [6.45, 7) is 1.97. The van der Waals surface area contributed by atoms with Crippen molar-refractivity contribution in [2.24, 2.45) is 5.92 Å². The average Bonchev–Trinajstić information content (AvgIpc) is 3.27. The maximum atomic E-state index is 11.6. The number of nitrogens with zero attached hydrogens (tertiary/aromatic N) is 2. The van der Waals surface area contributed by atoms with Gasteiger partial charge in [0.2, 0.25) is 23.6 Å². The third-order valence-corrected chi connectivity index (χ3v) is 8.18. The zero-order valence-electron chi connectivity index (χ0n) is 24.9. The summed E-state index contributed by atoms with van der Waals surface area (Å²) in [4.78, 5) is 59.9. The summed E-state index contributed by atoms with van der Waals surface area (Å²) in [5.41, 5.74) is 3.40. The summed E-state index contributed by atoms with van der Waals surface area (Å²) >= 11 is 0. The van der Waals surface area contributed by atoms with E-state index in [2.05, 4.69) is 0 Å². The lowest BCUT2D eigenvalue weighted by molar-refractivity contribution is -0.139. The summed E-state index contributed by atoms with van der Waals surface area (Å²) in [6, 6.07) is 11.1. The number of ether oxygens (including phenoxy) is 4. The van der Waals surface area contributed by atoms with Gasteiger partial charge in [-0.25, -0.2) is 0 Å². The van der Waals surface area contributed by atoms with Crippen molar-refractivity contribution in [2.45, 2.75) is 44.3 Å². The summed E-state index contributed by atoms with van der Waals surface area (Å²) in [5, 5.41) is 0. The van der Waals surface area contributed by atoms with Crippen molar-refractivity contribution < 1.29 is 42.9 Å². The molecule has 3 saturated heterocycles. The van der Waals surface area contributed by atoms with Crippen LogP contribution >= 0.6 is 0 Å². The molecule has 6 rings (SSSR count). The molecular weight excluding hydrogens is 568 g/mol. The highest BCUT2D eigenvalue weighted by atomic mass is 16.7. The molecule has 1 saturated carbocycles. The Hall–Kier alpha value is -4.35. The number of benzene rings is 2. The second-order valence-electron chi connectivity index (χ2n) is 11.0. The quantitative estimate of drug-likeness (QED) is 0.295. The molecule has 3 heterocycles. The van der Waals surface area contributed by atoms with Crippen LogP contribution in [0.25, 0.3) is 6.08 Å². The Kier molecular flexibility index (Phi) is 9.86. The number of hydrogen-bond acceptors (Lipinski definition) is 9. The fraction of sp³-hybridized carbons (Fsp3) is 0.424. The van der Waals surface area contributed by atoms with Crippen LogP contribution in [0.1, 0.15) is 71.4 Å². The minimum atomic E-state index is -0.346. The highest BCUT2D eigenvalue weighted by molar-refractivity contribution is 6.02. The van der Waals surface area contributed by atoms with Gasteiger partial charge in [-0.2, -0.15) is 0 Å². The zero-order valence-corrected chi connectivity index (χ0v) is 24.9. The number of carbonyl (C=O) groups is 5. The van der Waals surface area contributed by atoms with E-state index in [1.54, 1.807) is 32.4 Å². The van der Waals surface area contributed by atoms with Crippen molar-refractivity contribution in [2.75, 3.05) is 40.5 Å². The lowest BCUT2D eigenvalue weighted by Gasteiger charge is -2.14. The van der Waals surface area contributed by atoms with Gasteiger partial charge < -0.3 is 18.9 Å². The molecule has 11 heteroatoms. The van der Waals surface area contributed by atoms with Crippen LogP contribution < -0.4 is 9.47 Å². The molecular formula is C33H36N2O9. The predicted molar refractivity (Wildman–Crippen MR) is 158 cm³/mol. The number of rotatable bonds is 10. The smallest absolute Gasteiger partial charge is 0.229 e. The van der Waals surface area contributed by atoms with E-state index in [0.29, 0.717) is 74.3 Å². The Bertz CT molecular complexity index is 1430. The molecule has 2 aromatic rings. The molecule has 0 spiro atoms. The van der Waals surface area contributed by atoms with Crippen LogP contribution in [0.3, 0.4) is 0 Å². The first-order valence-electron chi connectivity index (χ1n) is 14.7. The van der Waals surface area contributed by atoms with Crippen molar-refractivity contribution >= 4 is 36.0 Å². The highest BCUT2D eigenvalue weighted by Gasteiger charge is 2.44. The minimum Gasteiger partial charge on any atom is -0.496 e. The molecule has 2 unspecified atom stereocenters. The van der Waals surface area contributed by atoms with Crippen LogP contribution in [-0.2, 0) is 28.7 Å². The largest absolute Gasteiger partial charge is 0.496 e. The molecule has 44 heavy (non-hydrogen) atoms. The maximum absolute atomic E-state index is 11.6. The van der Waals surface area contributed by atoms with Gasteiger partial charge in [-0.3, -0.25) is 33.8 Å². The molecule has 4 amide bonds. The van der Waals surface area contributed by atoms with E-state index in [-0.39, 0.29) is 36.5 Å². The SMILES string of the molecule is COc1cc(C2OCCO2)ccc1/C=C/CN1C(=O)CCC1=O.COc1cc(C=O)ccc1C1CC1CN1C(=O)CCC1=O. The van der Waals surface area contributed by atoms with Crippen LogP contribution in [0, 0.1) is 5.92 Å². The lowest BCUT2D eigenvalue weighted by Crippen LogP contribution is -2.31. The van der Waals surface area contributed by atoms with Crippen molar-refractivity contribution in [3.8, 4) is 11.5 Å². The molecule has 1 aliphatic carbocycles. The molecule has 0 bridgehead atoms. The molecule has 2 atom stereocenters. The van der Waals surface area contributed by atoms with Gasteiger partial charge in [0, 0.05) is 55.5 Å². The van der Waals surface area contributed by atoms with E-state index in [4.69, 9.17) is 18.9 Å². The number of imide groups is 2. The van der Waals surface area contributed by atoms with E-state index in [1.165, 1.54) is 9.80 Å². The Morgan fingerprint density at radius 2 is 1.45 bits per heavy atom. The van der Waals surface area contributed by atoms with Crippen LogP contribution in [0.4, 0.5) is 0 Å². The van der Waals surface area contributed by atoms with Crippen molar-refractivity contribution in [3.05, 3.63) is 64.7 Å². The minimum absolute atomic E-state index is 0.0612. The molecule has 232 valence electrons. The van der Waals surface area contributed by atoms with E-state index < -0.39 is 0 Å². The van der Waals surface area contributed by atoms with E-state index in [1.807, 2.05) is 30.3 Å². The summed E-state index contributed by atoms with van der Waals surface area (Å²) in [5.74, 6) is 1.63. The van der Waals surface area contributed by atoms with Crippen LogP contribution in [0.15, 0.2) is 42.5 Å². The number of methoxy groups -OCH3 is 2. The highest BCUT2D eigenvalue weighted by Crippen LogP contribution is 2.51. The van der Waals surface area contributed by atoms with Gasteiger partial charge in [0.1, 0.15) is 17.8 Å². The van der Waals surface area contributed by atoms with Gasteiger partial charge in [-0.05, 0) is 36.0 Å². The van der Waals surface area contributed by atoms with Crippen LogP contribution in [0.2, 0.25) is 0 Å². The molecule has 4 aliphatic rings. The molecule has 0 radical (unpaired) electrons. The summed E-state index contributed by atoms with van der Waals surface area (Å²) in [7, 11) is 3.18. The van der Waals surface area contributed by atoms with Gasteiger partial charge in [0.05, 0.1) is 27.4 Å². The topological polar surface area (TPSA) is 129 Å². The van der Waals surface area contributed by atoms with Crippen LogP contribution in [0.5, 0.6) is 11.5 Å². The summed E-state index contributed by atoms with van der Waals surface area (Å²) in [6.07, 6.45) is 6.33. The monoisotopic (exact) mass is 604 g/mol. The van der Waals surface area contributed by atoms with Crippen LogP contribution in [-0.4, -0.2) is 80.2 Å². The number of carbonyl (C=O) groups excluding carboxylic acids is 5. The van der Waals surface area contributed by atoms with Crippen molar-refractivity contribution in [3.63, 3.8) is 0 Å². The molecule has 2 aromatic carbocycles. The first-order valence-corrected chi connectivity index (χ1v) is 14.7.